The zero-order chi connectivity index (χ0) is 28.7. The van der Waals surface area contributed by atoms with Crippen LogP contribution in [0.15, 0.2) is 30.3 Å². The Morgan fingerprint density at radius 3 is 2.08 bits per heavy atom. The second-order valence-corrected chi connectivity index (χ2v) is 11.5. The molecule has 0 aliphatic carbocycles. The maximum Gasteiger partial charge on any atom is 0.408 e. The third-order valence-corrected chi connectivity index (χ3v) is 6.72. The van der Waals surface area contributed by atoms with E-state index in [1.807, 2.05) is 51.1 Å². The molecule has 1 rings (SSSR count). The highest BCUT2D eigenvalue weighted by molar-refractivity contribution is 5.92. The van der Waals surface area contributed by atoms with Crippen molar-refractivity contribution in [3.63, 3.8) is 0 Å². The SMILES string of the molecule is CCCCCCCN(C(=O)C(NC(=O)OC(C)(C)C)C(C)CC)C(C(=O)NC(C)CCC)c1ccccc1. The number of unbranched alkanes of at least 4 members (excludes halogenated alkanes) is 4. The van der Waals surface area contributed by atoms with Gasteiger partial charge in [0.1, 0.15) is 17.7 Å². The van der Waals surface area contributed by atoms with E-state index in [-0.39, 0.29) is 23.8 Å². The van der Waals surface area contributed by atoms with E-state index < -0.39 is 23.8 Å². The number of nitrogens with zero attached hydrogens (tertiary/aromatic N) is 1. The van der Waals surface area contributed by atoms with Crippen LogP contribution in [0.1, 0.15) is 118 Å². The van der Waals surface area contributed by atoms with Gasteiger partial charge >= 0.3 is 6.09 Å². The molecule has 0 radical (unpaired) electrons. The number of benzene rings is 1. The fourth-order valence-electron chi connectivity index (χ4n) is 4.48. The fraction of sp³-hybridized carbons (Fsp3) is 0.710. The van der Waals surface area contributed by atoms with E-state index in [1.54, 1.807) is 25.7 Å². The van der Waals surface area contributed by atoms with Crippen LogP contribution in [0.4, 0.5) is 4.79 Å². The quantitative estimate of drug-likeness (QED) is 0.230. The van der Waals surface area contributed by atoms with Crippen LogP contribution in [0.3, 0.4) is 0 Å². The second-order valence-electron chi connectivity index (χ2n) is 11.5. The van der Waals surface area contributed by atoms with Gasteiger partial charge in [-0.15, -0.1) is 0 Å². The highest BCUT2D eigenvalue weighted by Crippen LogP contribution is 2.26. The van der Waals surface area contributed by atoms with Crippen molar-refractivity contribution >= 4 is 17.9 Å². The van der Waals surface area contributed by atoms with Gasteiger partial charge in [0.05, 0.1) is 0 Å². The van der Waals surface area contributed by atoms with Crippen LogP contribution < -0.4 is 10.6 Å². The highest BCUT2D eigenvalue weighted by atomic mass is 16.6. The van der Waals surface area contributed by atoms with Crippen molar-refractivity contribution < 1.29 is 19.1 Å². The van der Waals surface area contributed by atoms with Crippen LogP contribution in [-0.4, -0.2) is 47.0 Å². The first-order chi connectivity index (χ1) is 17.9. The molecule has 0 bridgehead atoms. The third-order valence-electron chi connectivity index (χ3n) is 6.72. The molecule has 7 nitrogen and oxygen atoms in total. The zero-order valence-corrected chi connectivity index (χ0v) is 25.1. The molecule has 216 valence electrons. The van der Waals surface area contributed by atoms with Gasteiger partial charge in [-0.05, 0) is 52.0 Å². The van der Waals surface area contributed by atoms with E-state index in [0.29, 0.717) is 13.0 Å². The normalized spacial score (nSPS) is 14.6. The smallest absolute Gasteiger partial charge is 0.408 e. The molecule has 0 saturated heterocycles. The molecule has 2 N–H and O–H groups in total. The zero-order valence-electron chi connectivity index (χ0n) is 25.1. The molecular weight excluding hydrogens is 478 g/mol. The minimum Gasteiger partial charge on any atom is -0.444 e. The standard InChI is InChI=1S/C31H53N3O4/c1-9-12-13-14-18-22-34(29(36)26(23(4)11-3)33-30(37)38-31(6,7)8)27(25-20-16-15-17-21-25)28(35)32-24(5)19-10-2/h15-17,20-21,23-24,26-27H,9-14,18-19,22H2,1-8H3,(H,32,35)(H,33,37). The molecule has 0 aliphatic rings. The van der Waals surface area contributed by atoms with Gasteiger partial charge in [-0.25, -0.2) is 4.79 Å². The lowest BCUT2D eigenvalue weighted by molar-refractivity contribution is -0.143. The molecule has 0 fully saturated rings. The Balaban J connectivity index is 3.44. The summed E-state index contributed by atoms with van der Waals surface area (Å²) in [6.45, 7) is 16.0. The Hall–Kier alpha value is -2.57. The summed E-state index contributed by atoms with van der Waals surface area (Å²) >= 11 is 0. The number of amides is 3. The van der Waals surface area contributed by atoms with Crippen molar-refractivity contribution in [3.8, 4) is 0 Å². The minimum atomic E-state index is -0.808. The molecule has 4 atom stereocenters. The van der Waals surface area contributed by atoms with Gasteiger partial charge in [0.15, 0.2) is 0 Å². The molecule has 1 aromatic carbocycles. The Kier molecular flexibility index (Phi) is 15.1. The van der Waals surface area contributed by atoms with Crippen molar-refractivity contribution in [3.05, 3.63) is 35.9 Å². The van der Waals surface area contributed by atoms with Crippen LogP contribution in [0.5, 0.6) is 0 Å². The van der Waals surface area contributed by atoms with Crippen molar-refractivity contribution in [1.82, 2.24) is 15.5 Å². The molecule has 4 unspecified atom stereocenters. The van der Waals surface area contributed by atoms with Crippen LogP contribution in [0.25, 0.3) is 0 Å². The van der Waals surface area contributed by atoms with Gasteiger partial charge in [0, 0.05) is 12.6 Å². The van der Waals surface area contributed by atoms with E-state index in [9.17, 15) is 14.4 Å². The Bertz CT molecular complexity index is 837. The lowest BCUT2D eigenvalue weighted by atomic mass is 9.95. The van der Waals surface area contributed by atoms with Crippen molar-refractivity contribution in [1.29, 1.82) is 0 Å². The second kappa shape index (κ2) is 17.1. The summed E-state index contributed by atoms with van der Waals surface area (Å²) < 4.78 is 5.49. The molecule has 1 aromatic rings. The monoisotopic (exact) mass is 531 g/mol. The summed E-state index contributed by atoms with van der Waals surface area (Å²) in [5, 5.41) is 5.97. The molecule has 0 aromatic heterocycles. The van der Waals surface area contributed by atoms with Crippen molar-refractivity contribution in [2.24, 2.45) is 5.92 Å². The summed E-state index contributed by atoms with van der Waals surface area (Å²) in [5.74, 6) is -0.594. The lowest BCUT2D eigenvalue weighted by Crippen LogP contribution is -2.55. The number of hydrogen-bond acceptors (Lipinski definition) is 4. The minimum absolute atomic E-state index is 0.00882. The predicted octanol–water partition coefficient (Wildman–Crippen LogP) is 6.77. The van der Waals surface area contributed by atoms with Crippen molar-refractivity contribution in [2.45, 2.75) is 130 Å². The summed E-state index contributed by atoms with van der Waals surface area (Å²) in [6, 6.07) is 7.86. The number of ether oxygens (including phenoxy) is 1. The number of carbonyl (C=O) groups excluding carboxylic acids is 3. The van der Waals surface area contributed by atoms with Gasteiger partial charge in [-0.3, -0.25) is 9.59 Å². The van der Waals surface area contributed by atoms with Crippen LogP contribution in [0.2, 0.25) is 0 Å². The maximum absolute atomic E-state index is 14.3. The number of alkyl carbamates (subject to hydrolysis) is 1. The summed E-state index contributed by atoms with van der Waals surface area (Å²) in [4.78, 5) is 42.5. The Morgan fingerprint density at radius 1 is 0.895 bits per heavy atom. The number of hydrogen-bond donors (Lipinski definition) is 2. The van der Waals surface area contributed by atoms with E-state index in [0.717, 1.165) is 50.5 Å². The van der Waals surface area contributed by atoms with E-state index in [1.165, 1.54) is 0 Å². The van der Waals surface area contributed by atoms with Crippen LogP contribution in [0, 0.1) is 5.92 Å². The predicted molar refractivity (Wildman–Crippen MR) is 155 cm³/mol. The average Bonchev–Trinajstić information content (AvgIpc) is 2.85. The molecule has 7 heteroatoms. The van der Waals surface area contributed by atoms with Gasteiger partial charge in [-0.2, -0.15) is 0 Å². The van der Waals surface area contributed by atoms with E-state index in [2.05, 4.69) is 24.5 Å². The van der Waals surface area contributed by atoms with Crippen LogP contribution >= 0.6 is 0 Å². The molecular formula is C31H53N3O4. The molecule has 0 aliphatic heterocycles. The summed E-state index contributed by atoms with van der Waals surface area (Å²) in [5.41, 5.74) is 0.0734. The number of nitrogens with one attached hydrogen (secondary N) is 2. The topological polar surface area (TPSA) is 87.7 Å². The molecule has 0 spiro atoms. The van der Waals surface area contributed by atoms with Gasteiger partial charge in [-0.1, -0.05) is 96.6 Å². The molecule has 0 heterocycles. The van der Waals surface area contributed by atoms with Crippen LogP contribution in [-0.2, 0) is 14.3 Å². The number of rotatable bonds is 16. The molecule has 0 saturated carbocycles. The van der Waals surface area contributed by atoms with E-state index in [4.69, 9.17) is 4.74 Å². The maximum atomic E-state index is 14.3. The average molecular weight is 532 g/mol. The summed E-state index contributed by atoms with van der Waals surface area (Å²) in [7, 11) is 0. The van der Waals surface area contributed by atoms with E-state index >= 15 is 0 Å². The lowest BCUT2D eigenvalue weighted by Gasteiger charge is -2.36. The third kappa shape index (κ3) is 11.9. The first kappa shape index (κ1) is 33.5. The Morgan fingerprint density at radius 2 is 1.53 bits per heavy atom. The Labute approximate surface area is 231 Å². The van der Waals surface area contributed by atoms with Gasteiger partial charge in [0.2, 0.25) is 11.8 Å². The fourth-order valence-corrected chi connectivity index (χ4v) is 4.48. The highest BCUT2D eigenvalue weighted by Gasteiger charge is 2.38. The summed E-state index contributed by atoms with van der Waals surface area (Å²) in [6.07, 6.45) is 6.97. The first-order valence-corrected chi connectivity index (χ1v) is 14.6. The first-order valence-electron chi connectivity index (χ1n) is 14.6. The van der Waals surface area contributed by atoms with Crippen molar-refractivity contribution in [2.75, 3.05) is 6.54 Å². The van der Waals surface area contributed by atoms with Gasteiger partial charge < -0.3 is 20.3 Å². The molecule has 38 heavy (non-hydrogen) atoms. The number of carbonyl (C=O) groups is 3. The van der Waals surface area contributed by atoms with Gasteiger partial charge in [0.25, 0.3) is 0 Å². The largest absolute Gasteiger partial charge is 0.444 e. The molecule has 3 amide bonds.